The molecule has 0 saturated heterocycles. The molecule has 0 fully saturated rings. The van der Waals surface area contributed by atoms with Crippen LogP contribution < -0.4 is 0 Å². The molecule has 0 aliphatic rings. The fourth-order valence-corrected chi connectivity index (χ4v) is 1.39. The summed E-state index contributed by atoms with van der Waals surface area (Å²) in [6, 6.07) is 0. The molecule has 0 atom stereocenters. The molecule has 0 aliphatic carbocycles. The molecule has 0 aromatic carbocycles. The summed E-state index contributed by atoms with van der Waals surface area (Å²) in [6.45, 7) is 0. The number of nitrogens with zero attached hydrogens (tertiary/aromatic N) is 3. The fraction of sp³-hybridized carbons (Fsp3) is 0. The van der Waals surface area contributed by atoms with Gasteiger partial charge in [0, 0.05) is 6.20 Å². The number of pyridine rings is 1. The minimum atomic E-state index is -1.72. The van der Waals surface area contributed by atoms with Gasteiger partial charge in [-0.1, -0.05) is 0 Å². The summed E-state index contributed by atoms with van der Waals surface area (Å²) < 4.78 is 53.0. The van der Waals surface area contributed by atoms with E-state index in [4.69, 9.17) is 0 Å². The van der Waals surface area contributed by atoms with Gasteiger partial charge < -0.3 is 0 Å². The highest BCUT2D eigenvalue weighted by atomic mass is 79.9. The average Bonchev–Trinajstić information content (AvgIpc) is 2.62. The second kappa shape index (κ2) is 3.85. The predicted molar refractivity (Wildman–Crippen MR) is 48.9 cm³/mol. The van der Waals surface area contributed by atoms with Gasteiger partial charge >= 0.3 is 0 Å². The first kappa shape index (κ1) is 11.1. The summed E-state index contributed by atoms with van der Waals surface area (Å²) in [5.74, 6) is -6.65. The zero-order valence-electron chi connectivity index (χ0n) is 7.39. The van der Waals surface area contributed by atoms with Gasteiger partial charge in [0.2, 0.25) is 11.6 Å². The van der Waals surface area contributed by atoms with Crippen LogP contribution in [-0.2, 0) is 0 Å². The monoisotopic (exact) mass is 295 g/mol. The van der Waals surface area contributed by atoms with Gasteiger partial charge in [0.15, 0.2) is 0 Å². The van der Waals surface area contributed by atoms with Crippen LogP contribution in [0.4, 0.5) is 17.6 Å². The van der Waals surface area contributed by atoms with E-state index in [-0.39, 0.29) is 0 Å². The van der Waals surface area contributed by atoms with E-state index in [0.717, 1.165) is 6.20 Å². The molecule has 0 radical (unpaired) electrons. The van der Waals surface area contributed by atoms with Crippen LogP contribution in [0.5, 0.6) is 0 Å². The normalized spacial score (nSPS) is 10.8. The van der Waals surface area contributed by atoms with Crippen LogP contribution in [0.15, 0.2) is 16.9 Å². The van der Waals surface area contributed by atoms with Crippen molar-refractivity contribution in [3.63, 3.8) is 0 Å². The van der Waals surface area contributed by atoms with Crippen LogP contribution in [0.3, 0.4) is 0 Å². The highest BCUT2D eigenvalue weighted by Crippen LogP contribution is 2.21. The summed E-state index contributed by atoms with van der Waals surface area (Å²) in [4.78, 5) is 2.43. The maximum Gasteiger partial charge on any atom is 0.254 e. The van der Waals surface area contributed by atoms with Crippen molar-refractivity contribution in [2.45, 2.75) is 0 Å². The Bertz CT molecular complexity index is 528. The van der Waals surface area contributed by atoms with Crippen molar-refractivity contribution < 1.29 is 17.6 Å². The molecule has 0 amide bonds. The average molecular weight is 296 g/mol. The Morgan fingerprint density at radius 2 is 1.62 bits per heavy atom. The van der Waals surface area contributed by atoms with Gasteiger partial charge in [-0.15, -0.1) is 0 Å². The Morgan fingerprint density at radius 1 is 1.06 bits per heavy atom. The smallest absolute Gasteiger partial charge is 0.233 e. The van der Waals surface area contributed by atoms with Crippen molar-refractivity contribution in [1.82, 2.24) is 14.8 Å². The maximum absolute atomic E-state index is 13.2. The van der Waals surface area contributed by atoms with E-state index >= 15 is 0 Å². The SMILES string of the molecule is Fc1nc(F)c(F)c(-n2cc(Br)cn2)c1F. The van der Waals surface area contributed by atoms with E-state index in [1.165, 1.54) is 6.20 Å². The quantitative estimate of drug-likeness (QED) is 0.598. The zero-order valence-corrected chi connectivity index (χ0v) is 8.97. The van der Waals surface area contributed by atoms with Crippen LogP contribution >= 0.6 is 15.9 Å². The van der Waals surface area contributed by atoms with Gasteiger partial charge in [0.1, 0.15) is 5.69 Å². The molecule has 2 aromatic heterocycles. The molecular weight excluding hydrogens is 294 g/mol. The second-order valence-corrected chi connectivity index (χ2v) is 3.69. The molecule has 0 N–H and O–H groups in total. The second-order valence-electron chi connectivity index (χ2n) is 2.77. The molecule has 3 nitrogen and oxygen atoms in total. The Morgan fingerprint density at radius 3 is 2.06 bits per heavy atom. The minimum absolute atomic E-state index is 0.406. The number of rotatable bonds is 1. The summed E-state index contributed by atoms with van der Waals surface area (Å²) in [6.07, 6.45) is 2.37. The Balaban J connectivity index is 2.73. The first-order chi connectivity index (χ1) is 7.50. The lowest BCUT2D eigenvalue weighted by molar-refractivity contribution is 0.400. The molecule has 2 rings (SSSR count). The van der Waals surface area contributed by atoms with Crippen molar-refractivity contribution in [2.24, 2.45) is 0 Å². The lowest BCUT2D eigenvalue weighted by atomic mass is 10.3. The lowest BCUT2D eigenvalue weighted by Crippen LogP contribution is -2.09. The first-order valence-corrected chi connectivity index (χ1v) is 4.70. The van der Waals surface area contributed by atoms with E-state index in [1.54, 1.807) is 0 Å². The van der Waals surface area contributed by atoms with Crippen molar-refractivity contribution in [3.05, 3.63) is 40.4 Å². The van der Waals surface area contributed by atoms with Gasteiger partial charge in [-0.2, -0.15) is 27.6 Å². The van der Waals surface area contributed by atoms with E-state index < -0.39 is 29.2 Å². The van der Waals surface area contributed by atoms with Crippen LogP contribution in [0, 0.1) is 23.5 Å². The summed E-state index contributed by atoms with van der Waals surface area (Å²) >= 11 is 2.98. The van der Waals surface area contributed by atoms with Crippen molar-refractivity contribution in [3.8, 4) is 5.69 Å². The van der Waals surface area contributed by atoms with Gasteiger partial charge in [0.05, 0.1) is 10.7 Å². The van der Waals surface area contributed by atoms with Crippen molar-refractivity contribution in [1.29, 1.82) is 0 Å². The third kappa shape index (κ3) is 1.69. The number of halogens is 5. The van der Waals surface area contributed by atoms with E-state index in [0.29, 0.717) is 9.15 Å². The van der Waals surface area contributed by atoms with Crippen LogP contribution in [0.2, 0.25) is 0 Å². The summed E-state index contributed by atoms with van der Waals surface area (Å²) in [5, 5.41) is 3.52. The molecule has 0 bridgehead atoms. The van der Waals surface area contributed by atoms with Crippen molar-refractivity contribution in [2.75, 3.05) is 0 Å². The number of hydrogen-bond acceptors (Lipinski definition) is 2. The molecule has 84 valence electrons. The molecule has 0 saturated carbocycles. The summed E-state index contributed by atoms with van der Waals surface area (Å²) in [7, 11) is 0. The standard InChI is InChI=1S/C8H2BrF4N3/c9-3-1-14-16(2-3)6-4(10)7(12)15-8(13)5(6)11/h1-2H. The molecular formula is C8H2BrF4N3. The fourth-order valence-electron chi connectivity index (χ4n) is 1.10. The molecule has 8 heteroatoms. The Labute approximate surface area is 94.8 Å². The molecule has 2 heterocycles. The van der Waals surface area contributed by atoms with Gasteiger partial charge in [-0.25, -0.2) is 4.68 Å². The van der Waals surface area contributed by atoms with Crippen LogP contribution in [-0.4, -0.2) is 14.8 Å². The van der Waals surface area contributed by atoms with Crippen LogP contribution in [0.1, 0.15) is 0 Å². The molecule has 2 aromatic rings. The highest BCUT2D eigenvalue weighted by molar-refractivity contribution is 9.10. The van der Waals surface area contributed by atoms with Crippen molar-refractivity contribution >= 4 is 15.9 Å². The third-order valence-electron chi connectivity index (χ3n) is 1.75. The van der Waals surface area contributed by atoms with Gasteiger partial charge in [-0.3, -0.25) is 0 Å². The van der Waals surface area contributed by atoms with Crippen LogP contribution in [0.25, 0.3) is 5.69 Å². The first-order valence-electron chi connectivity index (χ1n) is 3.91. The summed E-state index contributed by atoms with van der Waals surface area (Å²) in [5.41, 5.74) is -0.948. The zero-order chi connectivity index (χ0) is 11.9. The maximum atomic E-state index is 13.2. The molecule has 0 aliphatic heterocycles. The third-order valence-corrected chi connectivity index (χ3v) is 2.16. The number of aromatic nitrogens is 3. The Kier molecular flexibility index (Phi) is 2.66. The van der Waals surface area contributed by atoms with E-state index in [9.17, 15) is 17.6 Å². The minimum Gasteiger partial charge on any atom is -0.233 e. The van der Waals surface area contributed by atoms with Gasteiger partial charge in [0.25, 0.3) is 11.9 Å². The lowest BCUT2D eigenvalue weighted by Gasteiger charge is -2.05. The predicted octanol–water partition coefficient (Wildman–Crippen LogP) is 2.59. The largest absolute Gasteiger partial charge is 0.254 e. The molecule has 0 unspecified atom stereocenters. The highest BCUT2D eigenvalue weighted by Gasteiger charge is 2.22. The van der Waals surface area contributed by atoms with Gasteiger partial charge in [-0.05, 0) is 15.9 Å². The van der Waals surface area contributed by atoms with E-state index in [2.05, 4.69) is 26.0 Å². The van der Waals surface area contributed by atoms with E-state index in [1.807, 2.05) is 0 Å². The Hall–Kier alpha value is -1.44. The number of hydrogen-bond donors (Lipinski definition) is 0. The topological polar surface area (TPSA) is 30.7 Å². The molecule has 0 spiro atoms. The molecule has 16 heavy (non-hydrogen) atoms.